The van der Waals surface area contributed by atoms with Crippen LogP contribution in [-0.4, -0.2) is 62.8 Å². The van der Waals surface area contributed by atoms with Crippen LogP contribution in [0.25, 0.3) is 33.6 Å². The van der Waals surface area contributed by atoms with Gasteiger partial charge in [-0.15, -0.1) is 0 Å². The number of alkyl carbamates (subject to hydrolysis) is 1. The van der Waals surface area contributed by atoms with Crippen molar-refractivity contribution in [3.8, 4) is 33.6 Å². The Labute approximate surface area is 271 Å². The number of ether oxygens (including phenoxy) is 1. The van der Waals surface area contributed by atoms with Crippen LogP contribution in [-0.2, 0) is 22.4 Å². The molecule has 3 aliphatic heterocycles. The molecule has 11 nitrogen and oxygen atoms in total. The van der Waals surface area contributed by atoms with E-state index >= 15 is 0 Å². The molecule has 5 heterocycles. The zero-order valence-electron chi connectivity index (χ0n) is 25.9. The van der Waals surface area contributed by atoms with Gasteiger partial charge in [-0.05, 0) is 52.6 Å². The number of aryl methyl sites for hydroxylation is 1. The first-order valence-electron chi connectivity index (χ1n) is 16.0. The van der Waals surface area contributed by atoms with E-state index in [1.165, 1.54) is 7.11 Å². The molecule has 47 heavy (non-hydrogen) atoms. The number of aromatic amines is 2. The van der Waals surface area contributed by atoms with Crippen molar-refractivity contribution in [3.63, 3.8) is 0 Å². The molecule has 1 saturated heterocycles. The number of imidazole rings is 2. The molecule has 0 unspecified atom stereocenters. The van der Waals surface area contributed by atoms with Crippen LogP contribution in [0.5, 0.6) is 0 Å². The minimum atomic E-state index is -0.680. The van der Waals surface area contributed by atoms with Gasteiger partial charge in [-0.1, -0.05) is 66.7 Å². The van der Waals surface area contributed by atoms with E-state index in [0.717, 1.165) is 56.3 Å². The highest BCUT2D eigenvalue weighted by atomic mass is 16.5. The maximum Gasteiger partial charge on any atom is 0.407 e. The highest BCUT2D eigenvalue weighted by Gasteiger charge is 2.43. The molecule has 2 amide bonds. The number of anilines is 1. The van der Waals surface area contributed by atoms with E-state index < -0.39 is 12.1 Å². The normalized spacial score (nSPS) is 21.8. The molecule has 2 aromatic heterocycles. The lowest BCUT2D eigenvalue weighted by Gasteiger charge is -2.27. The van der Waals surface area contributed by atoms with Crippen molar-refractivity contribution < 1.29 is 19.4 Å². The SMILES string of the molecule is COC(=O)N[C@H]1CCc2cccc3c2N(C1=O)[C@H](c1ncc(-c2ccc(-c4ccc(-c5cnc([C@@H]6C[C@H](O)CN6)[nH]5)cc4)cc2)[nH]1)C3. The largest absolute Gasteiger partial charge is 0.453 e. The van der Waals surface area contributed by atoms with Gasteiger partial charge < -0.3 is 30.4 Å². The third-order valence-electron chi connectivity index (χ3n) is 9.55. The molecule has 3 aliphatic rings. The number of aromatic nitrogens is 4. The number of rotatable bonds is 6. The zero-order chi connectivity index (χ0) is 32.1. The van der Waals surface area contributed by atoms with Gasteiger partial charge in [0, 0.05) is 13.0 Å². The van der Waals surface area contributed by atoms with Crippen molar-refractivity contribution >= 4 is 17.7 Å². The Morgan fingerprint density at radius 2 is 1.51 bits per heavy atom. The number of methoxy groups -OCH3 is 1. The fraction of sp³-hybridized carbons (Fsp3) is 0.278. The summed E-state index contributed by atoms with van der Waals surface area (Å²) in [4.78, 5) is 43.8. The molecule has 5 aromatic rings. The number of aliphatic hydroxyl groups is 1. The number of hydrogen-bond acceptors (Lipinski definition) is 7. The molecular weight excluding hydrogens is 594 g/mol. The predicted molar refractivity (Wildman–Crippen MR) is 176 cm³/mol. The van der Waals surface area contributed by atoms with Gasteiger partial charge in [-0.25, -0.2) is 14.8 Å². The van der Waals surface area contributed by atoms with Crippen molar-refractivity contribution in [2.45, 2.75) is 49.9 Å². The Morgan fingerprint density at radius 1 is 0.894 bits per heavy atom. The maximum atomic E-state index is 13.8. The van der Waals surface area contributed by atoms with E-state index in [-0.39, 0.29) is 24.1 Å². The van der Waals surface area contributed by atoms with Crippen LogP contribution >= 0.6 is 0 Å². The number of nitrogens with zero attached hydrogens (tertiary/aromatic N) is 3. The summed E-state index contributed by atoms with van der Waals surface area (Å²) in [6.07, 6.45) is 5.19. The van der Waals surface area contributed by atoms with Crippen LogP contribution in [0.4, 0.5) is 10.5 Å². The van der Waals surface area contributed by atoms with Gasteiger partial charge in [0.2, 0.25) is 5.91 Å². The Kier molecular flexibility index (Phi) is 7.34. The van der Waals surface area contributed by atoms with E-state index in [9.17, 15) is 14.7 Å². The lowest BCUT2D eigenvalue weighted by atomic mass is 10.0. The average Bonchev–Trinajstić information content (AvgIpc) is 3.91. The second kappa shape index (κ2) is 11.8. The molecule has 11 heteroatoms. The fourth-order valence-corrected chi connectivity index (χ4v) is 7.11. The number of carbonyl (C=O) groups is 2. The minimum Gasteiger partial charge on any atom is -0.453 e. The smallest absolute Gasteiger partial charge is 0.407 e. The summed E-state index contributed by atoms with van der Waals surface area (Å²) >= 11 is 0. The van der Waals surface area contributed by atoms with Crippen LogP contribution in [0.2, 0.25) is 0 Å². The Balaban J connectivity index is 0.994. The summed E-state index contributed by atoms with van der Waals surface area (Å²) in [7, 11) is 1.30. The lowest BCUT2D eigenvalue weighted by Crippen LogP contribution is -2.48. The van der Waals surface area contributed by atoms with Gasteiger partial charge in [-0.2, -0.15) is 0 Å². The van der Waals surface area contributed by atoms with E-state index in [1.54, 1.807) is 0 Å². The van der Waals surface area contributed by atoms with Crippen LogP contribution < -0.4 is 15.5 Å². The number of amides is 2. The monoisotopic (exact) mass is 629 g/mol. The average molecular weight is 630 g/mol. The molecule has 8 rings (SSSR count). The Morgan fingerprint density at radius 3 is 2.15 bits per heavy atom. The third kappa shape index (κ3) is 5.37. The fourth-order valence-electron chi connectivity index (χ4n) is 7.11. The van der Waals surface area contributed by atoms with E-state index in [0.29, 0.717) is 38.1 Å². The van der Waals surface area contributed by atoms with E-state index in [4.69, 9.17) is 9.72 Å². The summed E-state index contributed by atoms with van der Waals surface area (Å²) in [5.41, 5.74) is 9.16. The minimum absolute atomic E-state index is 0.0457. The molecule has 4 atom stereocenters. The second-order valence-electron chi connectivity index (χ2n) is 12.4. The topological polar surface area (TPSA) is 148 Å². The first kappa shape index (κ1) is 29.2. The third-order valence-corrected chi connectivity index (χ3v) is 9.55. The summed E-state index contributed by atoms with van der Waals surface area (Å²) in [5, 5.41) is 15.9. The number of para-hydroxylation sites is 1. The number of hydrogen-bond donors (Lipinski definition) is 5. The van der Waals surface area contributed by atoms with E-state index in [2.05, 4.69) is 86.2 Å². The number of β-amino-alcohol motifs (C(OH)–C–C–N with tert-alkyl or cyclic N) is 1. The van der Waals surface area contributed by atoms with Gasteiger partial charge >= 0.3 is 6.09 Å². The van der Waals surface area contributed by atoms with Crippen molar-refractivity contribution in [1.82, 2.24) is 30.6 Å². The molecule has 5 N–H and O–H groups in total. The summed E-state index contributed by atoms with van der Waals surface area (Å²) in [6.45, 7) is 0.587. The zero-order valence-corrected chi connectivity index (χ0v) is 25.9. The van der Waals surface area contributed by atoms with Gasteiger partial charge in [0.25, 0.3) is 0 Å². The molecule has 0 saturated carbocycles. The highest BCUT2D eigenvalue weighted by Crippen LogP contribution is 2.44. The highest BCUT2D eigenvalue weighted by molar-refractivity contribution is 6.02. The van der Waals surface area contributed by atoms with Crippen LogP contribution in [0.15, 0.2) is 79.1 Å². The van der Waals surface area contributed by atoms with Crippen molar-refractivity contribution in [1.29, 1.82) is 0 Å². The molecule has 0 spiro atoms. The number of carbonyl (C=O) groups excluding carboxylic acids is 2. The first-order chi connectivity index (χ1) is 22.9. The summed E-state index contributed by atoms with van der Waals surface area (Å²) < 4.78 is 4.79. The number of H-pyrrole nitrogens is 2. The Bertz CT molecular complexity index is 1950. The summed E-state index contributed by atoms with van der Waals surface area (Å²) in [6, 6.07) is 21.9. The van der Waals surface area contributed by atoms with Crippen LogP contribution in [0.1, 0.15) is 47.7 Å². The molecule has 1 fully saturated rings. The molecule has 238 valence electrons. The first-order valence-corrected chi connectivity index (χ1v) is 16.0. The van der Waals surface area contributed by atoms with Crippen molar-refractivity contribution in [2.75, 3.05) is 18.6 Å². The second-order valence-corrected chi connectivity index (χ2v) is 12.4. The molecular formula is C36H35N7O4. The standard InChI is InChI=1S/C36H35N7O4/c1-47-36(46)42-27-14-13-24-3-2-4-25-15-31(43(32(24)25)35(27)45)34-39-19-30(41-34)23-11-7-21(8-12-23)20-5-9-22(10-6-20)29-18-38-33(40-29)28-16-26(44)17-37-28/h2-12,18-19,26-28,31,37,44H,13-17H2,1H3,(H,38,40)(H,39,41)(H,42,46)/t26-,27-,28-,31-/m0/s1. The van der Waals surface area contributed by atoms with Crippen LogP contribution in [0.3, 0.4) is 0 Å². The Hall–Kier alpha value is -5.26. The molecule has 3 aromatic carbocycles. The van der Waals surface area contributed by atoms with E-state index in [1.807, 2.05) is 23.4 Å². The van der Waals surface area contributed by atoms with Gasteiger partial charge in [-0.3, -0.25) is 9.69 Å². The maximum absolute atomic E-state index is 13.8. The lowest BCUT2D eigenvalue weighted by molar-refractivity contribution is -0.121. The molecule has 0 radical (unpaired) electrons. The molecule has 0 bridgehead atoms. The van der Waals surface area contributed by atoms with Crippen molar-refractivity contribution in [3.05, 3.63) is 102 Å². The van der Waals surface area contributed by atoms with Crippen LogP contribution in [0, 0.1) is 0 Å². The number of benzene rings is 3. The quantitative estimate of drug-likeness (QED) is 0.181. The number of nitrogens with one attached hydrogen (secondary N) is 4. The van der Waals surface area contributed by atoms with Crippen molar-refractivity contribution in [2.24, 2.45) is 0 Å². The predicted octanol–water partition coefficient (Wildman–Crippen LogP) is 4.83. The molecule has 0 aliphatic carbocycles. The van der Waals surface area contributed by atoms with Gasteiger partial charge in [0.05, 0.1) is 54.8 Å². The number of aliphatic hydroxyl groups excluding tert-OH is 1. The summed E-state index contributed by atoms with van der Waals surface area (Å²) in [5.74, 6) is 1.39. The van der Waals surface area contributed by atoms with Gasteiger partial charge in [0.15, 0.2) is 0 Å². The van der Waals surface area contributed by atoms with Gasteiger partial charge in [0.1, 0.15) is 17.7 Å².